The van der Waals surface area contributed by atoms with Crippen LogP contribution in [-0.4, -0.2) is 52.8 Å². The number of carbonyl (C=O) groups excluding carboxylic acids is 3. The number of esters is 2. The number of ether oxygens (including phenoxy) is 2. The van der Waals surface area contributed by atoms with E-state index in [-0.39, 0.29) is 12.1 Å². The zero-order chi connectivity index (χ0) is 23.5. The number of methoxy groups -OCH3 is 2. The van der Waals surface area contributed by atoms with Gasteiger partial charge < -0.3 is 18.5 Å². The summed E-state index contributed by atoms with van der Waals surface area (Å²) in [5.41, 5.74) is 1.72. The molecule has 9 heteroatoms. The molecule has 0 N–H and O–H groups in total. The Labute approximate surface area is 182 Å². The Balaban J connectivity index is 0.000000444. The van der Waals surface area contributed by atoms with Crippen molar-refractivity contribution < 1.29 is 37.5 Å². The normalized spacial score (nSPS) is 10.1. The van der Waals surface area contributed by atoms with Crippen LogP contribution in [0.4, 0.5) is 0 Å². The molecule has 0 saturated heterocycles. The van der Waals surface area contributed by atoms with E-state index in [1.807, 2.05) is 48.5 Å². The van der Waals surface area contributed by atoms with E-state index >= 15 is 0 Å². The lowest BCUT2D eigenvalue weighted by atomic mass is 10.2. The van der Waals surface area contributed by atoms with Gasteiger partial charge in [0.15, 0.2) is 0 Å². The third-order valence-electron chi connectivity index (χ3n) is 3.46. The van der Waals surface area contributed by atoms with Gasteiger partial charge in [0.25, 0.3) is 0 Å². The Kier molecular flexibility index (Phi) is 15.1. The number of rotatable bonds is 7. The van der Waals surface area contributed by atoms with Gasteiger partial charge in [-0.05, 0) is 11.6 Å². The fraction of sp³-hybridized carbons (Fsp3) is 0.227. The van der Waals surface area contributed by atoms with E-state index in [9.17, 15) is 18.9 Å². The van der Waals surface area contributed by atoms with Gasteiger partial charge in [-0.25, -0.2) is 4.79 Å². The lowest BCUT2D eigenvalue weighted by molar-refractivity contribution is -0.138. The Hall–Kier alpha value is -3.06. The highest BCUT2D eigenvalue weighted by molar-refractivity contribution is 7.54. The second-order valence-electron chi connectivity index (χ2n) is 5.51. The van der Waals surface area contributed by atoms with E-state index in [0.717, 1.165) is 17.4 Å². The van der Waals surface area contributed by atoms with Crippen molar-refractivity contribution in [2.24, 2.45) is 0 Å². The summed E-state index contributed by atoms with van der Waals surface area (Å²) in [5.74, 6) is -0.948. The summed E-state index contributed by atoms with van der Waals surface area (Å²) >= 11 is 0. The molecule has 0 heterocycles. The van der Waals surface area contributed by atoms with Crippen LogP contribution >= 0.6 is 7.60 Å². The summed E-state index contributed by atoms with van der Waals surface area (Å²) in [6, 6.07) is 18.7. The van der Waals surface area contributed by atoms with Crippen LogP contribution in [0.3, 0.4) is 0 Å². The Morgan fingerprint density at radius 2 is 1.29 bits per heavy atom. The first-order valence-corrected chi connectivity index (χ1v) is 10.7. The molecule has 2 aromatic carbocycles. The molecule has 168 valence electrons. The summed E-state index contributed by atoms with van der Waals surface area (Å²) in [6.45, 7) is 0. The Morgan fingerprint density at radius 3 is 1.65 bits per heavy atom. The highest BCUT2D eigenvalue weighted by Gasteiger charge is 2.25. The largest absolute Gasteiger partial charge is 0.469 e. The lowest BCUT2D eigenvalue weighted by Crippen LogP contribution is -2.08. The summed E-state index contributed by atoms with van der Waals surface area (Å²) in [6.07, 6.45) is 3.59. The molecular formula is C22H27O8P. The predicted octanol–water partition coefficient (Wildman–Crippen LogP) is 4.02. The second kappa shape index (κ2) is 16.7. The van der Waals surface area contributed by atoms with Crippen LogP contribution in [0.5, 0.6) is 0 Å². The van der Waals surface area contributed by atoms with Crippen LogP contribution in [0, 0.1) is 0 Å². The monoisotopic (exact) mass is 450 g/mol. The van der Waals surface area contributed by atoms with Crippen molar-refractivity contribution in [3.63, 3.8) is 0 Å². The minimum atomic E-state index is -3.23. The maximum atomic E-state index is 11.2. The first kappa shape index (κ1) is 27.9. The van der Waals surface area contributed by atoms with Crippen LogP contribution < -0.4 is 0 Å². The Bertz CT molecular complexity index is 842. The van der Waals surface area contributed by atoms with Crippen molar-refractivity contribution in [3.05, 3.63) is 77.9 Å². The standard InChI is InChI=1S/C10H10O2.C7H6O.C5H11O5P/c1-12-10(11)8-7-9-5-3-2-4-6-9;8-6-7-4-2-1-3-5-7;1-8-5(6)4-11(7,9-2)10-3/h2-8H,1H3;1-6H;4H2,1-3H3/b8-7+;;. The zero-order valence-electron chi connectivity index (χ0n) is 17.9. The minimum absolute atomic E-state index is 0.334. The molecule has 0 spiro atoms. The molecule has 2 rings (SSSR count). The third kappa shape index (κ3) is 13.7. The maximum Gasteiger partial charge on any atom is 0.341 e. The quantitative estimate of drug-likeness (QED) is 0.270. The van der Waals surface area contributed by atoms with E-state index in [4.69, 9.17) is 0 Å². The minimum Gasteiger partial charge on any atom is -0.469 e. The topological polar surface area (TPSA) is 105 Å². The molecule has 0 saturated carbocycles. The fourth-order valence-electron chi connectivity index (χ4n) is 1.75. The van der Waals surface area contributed by atoms with Gasteiger partial charge in [0.05, 0.1) is 14.2 Å². The van der Waals surface area contributed by atoms with Gasteiger partial charge in [-0.3, -0.25) is 14.2 Å². The fourth-order valence-corrected chi connectivity index (χ4v) is 2.61. The van der Waals surface area contributed by atoms with Crippen molar-refractivity contribution in [1.29, 1.82) is 0 Å². The highest BCUT2D eigenvalue weighted by atomic mass is 31.2. The number of benzene rings is 2. The lowest BCUT2D eigenvalue weighted by Gasteiger charge is -2.10. The van der Waals surface area contributed by atoms with Crippen molar-refractivity contribution >= 4 is 31.9 Å². The molecule has 31 heavy (non-hydrogen) atoms. The van der Waals surface area contributed by atoms with Crippen LogP contribution in [0.15, 0.2) is 66.7 Å². The molecule has 2 aromatic rings. The average Bonchev–Trinajstić information content (AvgIpc) is 2.84. The van der Waals surface area contributed by atoms with Gasteiger partial charge >= 0.3 is 19.5 Å². The van der Waals surface area contributed by atoms with E-state index in [1.165, 1.54) is 34.5 Å². The first-order valence-electron chi connectivity index (χ1n) is 8.92. The summed E-state index contributed by atoms with van der Waals surface area (Å²) < 4.78 is 28.9. The van der Waals surface area contributed by atoms with Gasteiger partial charge in [0, 0.05) is 25.9 Å². The van der Waals surface area contributed by atoms with Crippen molar-refractivity contribution in [1.82, 2.24) is 0 Å². The number of hydrogen-bond donors (Lipinski definition) is 0. The van der Waals surface area contributed by atoms with Crippen LogP contribution in [0.2, 0.25) is 0 Å². The molecule has 8 nitrogen and oxygen atoms in total. The van der Waals surface area contributed by atoms with E-state index in [2.05, 4.69) is 18.5 Å². The van der Waals surface area contributed by atoms with E-state index in [0.29, 0.717) is 0 Å². The summed E-state index contributed by atoms with van der Waals surface area (Å²) in [7, 11) is 1.77. The highest BCUT2D eigenvalue weighted by Crippen LogP contribution is 2.45. The van der Waals surface area contributed by atoms with Crippen LogP contribution in [-0.2, 0) is 32.7 Å². The van der Waals surface area contributed by atoms with Gasteiger partial charge in [-0.15, -0.1) is 0 Å². The molecule has 0 amide bonds. The second-order valence-corrected chi connectivity index (χ2v) is 7.77. The summed E-state index contributed by atoms with van der Waals surface area (Å²) in [5, 5.41) is 0. The van der Waals surface area contributed by atoms with Crippen molar-refractivity contribution in [2.75, 3.05) is 34.6 Å². The van der Waals surface area contributed by atoms with Gasteiger partial charge in [0.1, 0.15) is 12.4 Å². The summed E-state index contributed by atoms with van der Waals surface area (Å²) in [4.78, 5) is 31.3. The Morgan fingerprint density at radius 1 is 0.806 bits per heavy atom. The third-order valence-corrected chi connectivity index (χ3v) is 5.21. The van der Waals surface area contributed by atoms with Gasteiger partial charge in [-0.2, -0.15) is 0 Å². The predicted molar refractivity (Wildman–Crippen MR) is 118 cm³/mol. The molecule has 0 aliphatic rings. The average molecular weight is 450 g/mol. The van der Waals surface area contributed by atoms with Gasteiger partial charge in [-0.1, -0.05) is 60.7 Å². The maximum absolute atomic E-state index is 11.2. The number of carbonyl (C=O) groups is 3. The number of hydrogen-bond acceptors (Lipinski definition) is 8. The zero-order valence-corrected chi connectivity index (χ0v) is 18.8. The first-order chi connectivity index (χ1) is 14.8. The molecule has 0 aliphatic carbocycles. The van der Waals surface area contributed by atoms with Gasteiger partial charge in [0.2, 0.25) is 0 Å². The molecule has 0 radical (unpaired) electrons. The molecule has 0 bridgehead atoms. The molecule has 0 aliphatic heterocycles. The van der Waals surface area contributed by atoms with Crippen molar-refractivity contribution in [3.8, 4) is 0 Å². The van der Waals surface area contributed by atoms with E-state index < -0.39 is 13.6 Å². The molecule has 0 atom stereocenters. The van der Waals surface area contributed by atoms with Crippen LogP contribution in [0.25, 0.3) is 6.08 Å². The number of aldehydes is 1. The molecule has 0 aromatic heterocycles. The van der Waals surface area contributed by atoms with E-state index in [1.54, 1.807) is 18.2 Å². The molecule has 0 fully saturated rings. The SMILES string of the molecule is COC(=O)/C=C/c1ccccc1.COC(=O)CP(=O)(OC)OC.O=Cc1ccccc1. The van der Waals surface area contributed by atoms with Crippen LogP contribution in [0.1, 0.15) is 15.9 Å². The van der Waals surface area contributed by atoms with Crippen molar-refractivity contribution in [2.45, 2.75) is 0 Å². The molecule has 0 unspecified atom stereocenters. The smallest absolute Gasteiger partial charge is 0.341 e. The molecular weight excluding hydrogens is 423 g/mol.